The third-order valence-corrected chi connectivity index (χ3v) is 5.67. The van der Waals surface area contributed by atoms with E-state index >= 15 is 0 Å². The molecule has 42 heavy (non-hydrogen) atoms. The van der Waals surface area contributed by atoms with Crippen molar-refractivity contribution in [2.45, 2.75) is 65.4 Å². The second-order valence-corrected chi connectivity index (χ2v) is 9.81. The Hall–Kier alpha value is -0.440. The molecule has 0 N–H and O–H groups in total. The van der Waals surface area contributed by atoms with Gasteiger partial charge in [0.2, 0.25) is 0 Å². The molecule has 0 saturated heterocycles. The quantitative estimate of drug-likeness (QED) is 0.0948. The minimum atomic E-state index is 0.235. The first-order chi connectivity index (χ1) is 20.8. The molecule has 11 nitrogen and oxygen atoms in total. The molecule has 254 valence electrons. The summed E-state index contributed by atoms with van der Waals surface area (Å²) in [5, 5.41) is 0. The first kappa shape index (κ1) is 41.6. The lowest BCUT2D eigenvalue weighted by molar-refractivity contribution is -0.0286. The van der Waals surface area contributed by atoms with Crippen molar-refractivity contribution < 1.29 is 52.1 Å². The number of hydrogen-bond donors (Lipinski definition) is 0. The van der Waals surface area contributed by atoms with Crippen LogP contribution in [0.2, 0.25) is 0 Å². The van der Waals surface area contributed by atoms with Crippen molar-refractivity contribution in [1.82, 2.24) is 0 Å². The van der Waals surface area contributed by atoms with Gasteiger partial charge in [-0.15, -0.1) is 0 Å². The third-order valence-electron chi connectivity index (χ3n) is 5.67. The van der Waals surface area contributed by atoms with E-state index in [9.17, 15) is 0 Å². The molecule has 0 amide bonds. The van der Waals surface area contributed by atoms with Crippen LogP contribution < -0.4 is 0 Å². The summed E-state index contributed by atoms with van der Waals surface area (Å²) in [6.07, 6.45) is 7.93. The molecule has 0 fully saturated rings. The summed E-state index contributed by atoms with van der Waals surface area (Å²) in [6.45, 7) is 18.2. The Bertz CT molecular complexity index is 472. The van der Waals surface area contributed by atoms with E-state index in [1.807, 2.05) is 13.8 Å². The van der Waals surface area contributed by atoms with Gasteiger partial charge in [-0.25, -0.2) is 0 Å². The second-order valence-electron chi connectivity index (χ2n) is 9.81. The molecule has 0 bridgehead atoms. The molecular weight excluding hydrogens is 548 g/mol. The number of rotatable bonds is 38. The topological polar surface area (TPSA) is 102 Å². The van der Waals surface area contributed by atoms with Crippen LogP contribution in [0.4, 0.5) is 0 Å². The van der Waals surface area contributed by atoms with Gasteiger partial charge in [-0.1, -0.05) is 39.0 Å². The van der Waals surface area contributed by atoms with Crippen LogP contribution in [0.25, 0.3) is 0 Å². The first-order valence-electron chi connectivity index (χ1n) is 16.2. The highest BCUT2D eigenvalue weighted by atomic mass is 16.6. The van der Waals surface area contributed by atoms with Crippen LogP contribution in [0.5, 0.6) is 0 Å². The van der Waals surface area contributed by atoms with E-state index in [0.717, 1.165) is 13.0 Å². The molecule has 0 spiro atoms. The highest BCUT2D eigenvalue weighted by Crippen LogP contribution is 2.04. The molecule has 0 saturated carbocycles. The summed E-state index contributed by atoms with van der Waals surface area (Å²) in [4.78, 5) is 0. The fourth-order valence-electron chi connectivity index (χ4n) is 3.41. The summed E-state index contributed by atoms with van der Waals surface area (Å²) in [7, 11) is 0. The standard InChI is InChI=1S/C31H64O11/c1-4-5-6-7-8-9-10-32-11-12-33-13-14-34-15-16-35-17-18-36-19-20-37-21-22-38-23-24-39-25-26-40-27-28-41-29-30-42-31(2)3/h31H,4-30H2,1-3H3. The minimum absolute atomic E-state index is 0.235. The van der Waals surface area contributed by atoms with Crippen LogP contribution in [0.15, 0.2) is 0 Å². The van der Waals surface area contributed by atoms with Gasteiger partial charge < -0.3 is 52.1 Å². The Kier molecular flexibility index (Phi) is 38.2. The summed E-state index contributed by atoms with van der Waals surface area (Å²) in [6, 6.07) is 0. The monoisotopic (exact) mass is 612 g/mol. The van der Waals surface area contributed by atoms with E-state index in [2.05, 4.69) is 6.92 Å². The molecule has 0 rings (SSSR count). The number of unbranched alkanes of at least 4 members (excludes halogenated alkanes) is 5. The molecular formula is C31H64O11. The maximum atomic E-state index is 5.58. The molecule has 0 aliphatic rings. The average molecular weight is 613 g/mol. The van der Waals surface area contributed by atoms with Gasteiger partial charge in [0.05, 0.1) is 138 Å². The van der Waals surface area contributed by atoms with Gasteiger partial charge >= 0.3 is 0 Å². The SMILES string of the molecule is CCCCCCCCOCCOCCOCCOCCOCCOCCOCCOCCOCCOCCOC(C)C. The van der Waals surface area contributed by atoms with Crippen molar-refractivity contribution in [3.8, 4) is 0 Å². The lowest BCUT2D eigenvalue weighted by atomic mass is 10.1. The highest BCUT2D eigenvalue weighted by Gasteiger charge is 1.97. The van der Waals surface area contributed by atoms with Crippen molar-refractivity contribution in [1.29, 1.82) is 0 Å². The predicted molar refractivity (Wildman–Crippen MR) is 163 cm³/mol. The molecule has 0 aromatic rings. The van der Waals surface area contributed by atoms with E-state index in [-0.39, 0.29) is 6.10 Å². The van der Waals surface area contributed by atoms with Gasteiger partial charge in [0.15, 0.2) is 0 Å². The second kappa shape index (κ2) is 38.6. The summed E-state index contributed by atoms with van der Waals surface area (Å²) >= 11 is 0. The van der Waals surface area contributed by atoms with Crippen molar-refractivity contribution >= 4 is 0 Å². The van der Waals surface area contributed by atoms with Crippen LogP contribution in [0.1, 0.15) is 59.3 Å². The van der Waals surface area contributed by atoms with Crippen LogP contribution in [0, 0.1) is 0 Å². The zero-order chi connectivity index (χ0) is 30.4. The third kappa shape index (κ3) is 39.6. The molecule has 0 aromatic carbocycles. The zero-order valence-electron chi connectivity index (χ0n) is 27.2. The zero-order valence-corrected chi connectivity index (χ0v) is 27.2. The summed E-state index contributed by atoms with van der Waals surface area (Å²) < 4.78 is 60.2. The lowest BCUT2D eigenvalue weighted by Gasteiger charge is -2.09. The van der Waals surface area contributed by atoms with Gasteiger partial charge in [-0.3, -0.25) is 0 Å². The molecule has 0 aliphatic heterocycles. The van der Waals surface area contributed by atoms with Crippen molar-refractivity contribution in [2.24, 2.45) is 0 Å². The van der Waals surface area contributed by atoms with E-state index < -0.39 is 0 Å². The van der Waals surface area contributed by atoms with Gasteiger partial charge in [0.1, 0.15) is 0 Å². The molecule has 0 radical (unpaired) electrons. The summed E-state index contributed by atoms with van der Waals surface area (Å²) in [5.74, 6) is 0. The molecule has 0 atom stereocenters. The van der Waals surface area contributed by atoms with Crippen LogP contribution in [-0.2, 0) is 52.1 Å². The fourth-order valence-corrected chi connectivity index (χ4v) is 3.41. The molecule has 11 heteroatoms. The Morgan fingerprint density at radius 2 is 0.524 bits per heavy atom. The maximum Gasteiger partial charge on any atom is 0.0703 e. The first-order valence-corrected chi connectivity index (χ1v) is 16.2. The lowest BCUT2D eigenvalue weighted by Crippen LogP contribution is -2.15. The molecule has 0 heterocycles. The van der Waals surface area contributed by atoms with Crippen molar-refractivity contribution in [2.75, 3.05) is 139 Å². The Balaban J connectivity index is 3.03. The average Bonchev–Trinajstić information content (AvgIpc) is 2.98. The van der Waals surface area contributed by atoms with Crippen molar-refractivity contribution in [3.63, 3.8) is 0 Å². The van der Waals surface area contributed by atoms with Gasteiger partial charge in [0, 0.05) is 6.61 Å². The van der Waals surface area contributed by atoms with E-state index in [4.69, 9.17) is 52.1 Å². The van der Waals surface area contributed by atoms with Crippen LogP contribution in [-0.4, -0.2) is 145 Å². The van der Waals surface area contributed by atoms with Gasteiger partial charge in [-0.05, 0) is 20.3 Å². The summed E-state index contributed by atoms with van der Waals surface area (Å²) in [5.41, 5.74) is 0. The Morgan fingerprint density at radius 1 is 0.286 bits per heavy atom. The maximum absolute atomic E-state index is 5.58. The number of ether oxygens (including phenoxy) is 11. The van der Waals surface area contributed by atoms with E-state index in [1.165, 1.54) is 32.1 Å². The Morgan fingerprint density at radius 3 is 0.810 bits per heavy atom. The van der Waals surface area contributed by atoms with Crippen LogP contribution in [0.3, 0.4) is 0 Å². The van der Waals surface area contributed by atoms with Crippen LogP contribution >= 0.6 is 0 Å². The van der Waals surface area contributed by atoms with E-state index in [1.54, 1.807) is 0 Å². The van der Waals surface area contributed by atoms with Gasteiger partial charge in [-0.2, -0.15) is 0 Å². The highest BCUT2D eigenvalue weighted by molar-refractivity contribution is 4.44. The predicted octanol–water partition coefficient (Wildman–Crippen LogP) is 3.94. The number of hydrogen-bond acceptors (Lipinski definition) is 11. The van der Waals surface area contributed by atoms with E-state index in [0.29, 0.717) is 132 Å². The fraction of sp³-hybridized carbons (Fsp3) is 1.00. The smallest absolute Gasteiger partial charge is 0.0703 e. The normalized spacial score (nSPS) is 11.7. The largest absolute Gasteiger partial charge is 0.379 e. The molecule has 0 aliphatic carbocycles. The molecule has 0 aromatic heterocycles. The molecule has 0 unspecified atom stereocenters. The van der Waals surface area contributed by atoms with Crippen molar-refractivity contribution in [3.05, 3.63) is 0 Å². The Labute approximate surface area is 256 Å². The minimum Gasteiger partial charge on any atom is -0.379 e. The van der Waals surface area contributed by atoms with Gasteiger partial charge in [0.25, 0.3) is 0 Å².